The van der Waals surface area contributed by atoms with Gasteiger partial charge in [-0.3, -0.25) is 4.79 Å². The Morgan fingerprint density at radius 1 is 1.33 bits per heavy atom. The molecular formula is C16H13ClN2O2. The molecule has 2 rings (SSSR count). The van der Waals surface area contributed by atoms with Gasteiger partial charge in [-0.15, -0.1) is 0 Å². The summed E-state index contributed by atoms with van der Waals surface area (Å²) >= 11 is 5.86. The Balaban J connectivity index is 1.98. The number of hydrogen-bond acceptors (Lipinski definition) is 3. The molecule has 0 bridgehead atoms. The molecule has 106 valence electrons. The number of rotatable bonds is 4. The summed E-state index contributed by atoms with van der Waals surface area (Å²) < 4.78 is 5.37. The van der Waals surface area contributed by atoms with Crippen LogP contribution in [0.3, 0.4) is 0 Å². The summed E-state index contributed by atoms with van der Waals surface area (Å²) in [5.74, 6) is 0.0937. The smallest absolute Gasteiger partial charge is 0.262 e. The largest absolute Gasteiger partial charge is 0.482 e. The molecule has 2 aromatic rings. The number of para-hydroxylation sites is 1. The number of benzene rings is 2. The molecule has 0 spiro atoms. The number of anilines is 1. The van der Waals surface area contributed by atoms with E-state index < -0.39 is 0 Å². The van der Waals surface area contributed by atoms with E-state index in [4.69, 9.17) is 21.6 Å². The molecule has 0 heterocycles. The predicted molar refractivity (Wildman–Crippen MR) is 81.5 cm³/mol. The van der Waals surface area contributed by atoms with Gasteiger partial charge in [-0.1, -0.05) is 23.7 Å². The van der Waals surface area contributed by atoms with E-state index in [1.54, 1.807) is 42.5 Å². The molecule has 5 heteroatoms. The van der Waals surface area contributed by atoms with E-state index in [1.807, 2.05) is 13.0 Å². The van der Waals surface area contributed by atoms with Crippen molar-refractivity contribution in [2.24, 2.45) is 0 Å². The highest BCUT2D eigenvalue weighted by atomic mass is 35.5. The van der Waals surface area contributed by atoms with Gasteiger partial charge in [-0.25, -0.2) is 0 Å². The van der Waals surface area contributed by atoms with Crippen molar-refractivity contribution in [2.75, 3.05) is 11.9 Å². The van der Waals surface area contributed by atoms with Crippen LogP contribution in [0.2, 0.25) is 5.02 Å². The first-order valence-corrected chi connectivity index (χ1v) is 6.66. The van der Waals surface area contributed by atoms with Crippen molar-refractivity contribution >= 4 is 23.2 Å². The maximum absolute atomic E-state index is 11.9. The Kier molecular flexibility index (Phi) is 4.81. The van der Waals surface area contributed by atoms with Crippen molar-refractivity contribution in [3.8, 4) is 11.8 Å². The van der Waals surface area contributed by atoms with Gasteiger partial charge in [0.05, 0.1) is 5.56 Å². The third-order valence-electron chi connectivity index (χ3n) is 2.83. The maximum Gasteiger partial charge on any atom is 0.262 e. The first kappa shape index (κ1) is 14.9. The van der Waals surface area contributed by atoms with Gasteiger partial charge >= 0.3 is 0 Å². The fraction of sp³-hybridized carbons (Fsp3) is 0.125. The van der Waals surface area contributed by atoms with Crippen molar-refractivity contribution in [3.05, 3.63) is 58.6 Å². The second-order valence-corrected chi connectivity index (χ2v) is 4.84. The number of carbonyl (C=O) groups excluding carboxylic acids is 1. The Morgan fingerprint density at radius 3 is 2.81 bits per heavy atom. The molecule has 1 N–H and O–H groups in total. The number of nitriles is 1. The Morgan fingerprint density at radius 2 is 2.10 bits per heavy atom. The van der Waals surface area contributed by atoms with Crippen LogP contribution >= 0.6 is 11.6 Å². The second-order valence-electron chi connectivity index (χ2n) is 4.40. The lowest BCUT2D eigenvalue weighted by Gasteiger charge is -2.10. The van der Waals surface area contributed by atoms with Crippen LogP contribution in [0.4, 0.5) is 5.69 Å². The zero-order chi connectivity index (χ0) is 15.2. The van der Waals surface area contributed by atoms with Crippen molar-refractivity contribution in [2.45, 2.75) is 6.92 Å². The van der Waals surface area contributed by atoms with Gasteiger partial charge in [0.1, 0.15) is 11.8 Å². The number of carbonyl (C=O) groups is 1. The average molecular weight is 301 g/mol. The van der Waals surface area contributed by atoms with Gasteiger partial charge in [0.25, 0.3) is 5.91 Å². The zero-order valence-corrected chi connectivity index (χ0v) is 12.1. The van der Waals surface area contributed by atoms with E-state index >= 15 is 0 Å². The van der Waals surface area contributed by atoms with E-state index in [0.717, 1.165) is 5.56 Å². The van der Waals surface area contributed by atoms with E-state index in [9.17, 15) is 4.79 Å². The number of hydrogen-bond donors (Lipinski definition) is 1. The molecule has 4 nitrogen and oxygen atoms in total. The van der Waals surface area contributed by atoms with Gasteiger partial charge in [-0.05, 0) is 42.8 Å². The first-order valence-electron chi connectivity index (χ1n) is 6.28. The van der Waals surface area contributed by atoms with Crippen LogP contribution in [0.25, 0.3) is 0 Å². The summed E-state index contributed by atoms with van der Waals surface area (Å²) in [4.78, 5) is 11.9. The highest BCUT2D eigenvalue weighted by Gasteiger charge is 2.08. The molecule has 0 unspecified atom stereocenters. The minimum absolute atomic E-state index is 0.166. The minimum atomic E-state index is -0.298. The fourth-order valence-corrected chi connectivity index (χ4v) is 2.01. The molecule has 0 radical (unpaired) electrons. The van der Waals surface area contributed by atoms with E-state index in [1.165, 1.54) is 0 Å². The number of amides is 1. The number of halogens is 1. The van der Waals surface area contributed by atoms with Gasteiger partial charge in [0.15, 0.2) is 6.61 Å². The summed E-state index contributed by atoms with van der Waals surface area (Å²) in [6.45, 7) is 1.69. The van der Waals surface area contributed by atoms with Crippen molar-refractivity contribution in [1.29, 1.82) is 5.26 Å². The molecule has 1 amide bonds. The molecular weight excluding hydrogens is 288 g/mol. The normalized spacial score (nSPS) is 9.76. The summed E-state index contributed by atoms with van der Waals surface area (Å²) in [5, 5.41) is 12.3. The van der Waals surface area contributed by atoms with Crippen LogP contribution in [0.1, 0.15) is 11.1 Å². The van der Waals surface area contributed by atoms with Crippen LogP contribution in [0.15, 0.2) is 42.5 Å². The third-order valence-corrected chi connectivity index (χ3v) is 3.06. The molecule has 0 atom stereocenters. The lowest BCUT2D eigenvalue weighted by atomic mass is 10.2. The summed E-state index contributed by atoms with van der Waals surface area (Å²) in [6.07, 6.45) is 0. The van der Waals surface area contributed by atoms with Crippen LogP contribution in [0.5, 0.6) is 5.75 Å². The van der Waals surface area contributed by atoms with Gasteiger partial charge in [-0.2, -0.15) is 5.26 Å². The number of nitrogens with zero attached hydrogens (tertiary/aromatic N) is 1. The Bertz CT molecular complexity index is 708. The quantitative estimate of drug-likeness (QED) is 0.939. The molecule has 2 aromatic carbocycles. The first-order chi connectivity index (χ1) is 10.1. The maximum atomic E-state index is 11.9. The standard InChI is InChI=1S/C16H13ClN2O2/c1-11-8-13(17)6-7-14(11)19-16(20)10-21-15-5-3-2-4-12(15)9-18/h2-8H,10H2,1H3,(H,19,20). The van der Waals surface area contributed by atoms with Crippen LogP contribution in [-0.4, -0.2) is 12.5 Å². The van der Waals surface area contributed by atoms with Gasteiger partial charge < -0.3 is 10.1 Å². The molecule has 0 saturated heterocycles. The molecule has 0 saturated carbocycles. The summed E-state index contributed by atoms with van der Waals surface area (Å²) in [6, 6.07) is 14.0. The van der Waals surface area contributed by atoms with Crippen molar-refractivity contribution < 1.29 is 9.53 Å². The lowest BCUT2D eigenvalue weighted by molar-refractivity contribution is -0.118. The third kappa shape index (κ3) is 3.98. The minimum Gasteiger partial charge on any atom is -0.482 e. The van der Waals surface area contributed by atoms with Crippen molar-refractivity contribution in [3.63, 3.8) is 0 Å². The second kappa shape index (κ2) is 6.78. The molecule has 21 heavy (non-hydrogen) atoms. The van der Waals surface area contributed by atoms with Crippen LogP contribution in [0, 0.1) is 18.3 Å². The number of ether oxygens (including phenoxy) is 1. The molecule has 0 aliphatic heterocycles. The summed E-state index contributed by atoms with van der Waals surface area (Å²) in [7, 11) is 0. The topological polar surface area (TPSA) is 62.1 Å². The molecule has 0 fully saturated rings. The average Bonchev–Trinajstić information content (AvgIpc) is 2.48. The monoisotopic (exact) mass is 300 g/mol. The molecule has 0 aliphatic rings. The zero-order valence-electron chi connectivity index (χ0n) is 11.4. The van der Waals surface area contributed by atoms with E-state index in [2.05, 4.69) is 5.32 Å². The highest BCUT2D eigenvalue weighted by molar-refractivity contribution is 6.30. The molecule has 0 aromatic heterocycles. The summed E-state index contributed by atoms with van der Waals surface area (Å²) in [5.41, 5.74) is 1.95. The SMILES string of the molecule is Cc1cc(Cl)ccc1NC(=O)COc1ccccc1C#N. The Hall–Kier alpha value is -2.51. The molecule has 0 aliphatic carbocycles. The highest BCUT2D eigenvalue weighted by Crippen LogP contribution is 2.20. The number of nitrogens with one attached hydrogen (secondary N) is 1. The lowest BCUT2D eigenvalue weighted by Crippen LogP contribution is -2.20. The van der Waals surface area contributed by atoms with Crippen LogP contribution < -0.4 is 10.1 Å². The van der Waals surface area contributed by atoms with Crippen molar-refractivity contribution in [1.82, 2.24) is 0 Å². The van der Waals surface area contributed by atoms with E-state index in [-0.39, 0.29) is 12.5 Å². The fourth-order valence-electron chi connectivity index (χ4n) is 1.78. The van der Waals surface area contributed by atoms with Gasteiger partial charge in [0.2, 0.25) is 0 Å². The van der Waals surface area contributed by atoms with Gasteiger partial charge in [0, 0.05) is 10.7 Å². The number of aryl methyl sites for hydroxylation is 1. The Labute approximate surface area is 127 Å². The van der Waals surface area contributed by atoms with E-state index in [0.29, 0.717) is 22.0 Å². The van der Waals surface area contributed by atoms with Crippen LogP contribution in [-0.2, 0) is 4.79 Å². The predicted octanol–water partition coefficient (Wildman–Crippen LogP) is 3.54.